The van der Waals surface area contributed by atoms with Crippen molar-refractivity contribution in [3.8, 4) is 5.75 Å². The highest BCUT2D eigenvalue weighted by Gasteiger charge is 2.40. The van der Waals surface area contributed by atoms with Crippen LogP contribution in [0.4, 0.5) is 0 Å². The van der Waals surface area contributed by atoms with Crippen molar-refractivity contribution in [2.24, 2.45) is 0 Å². The topological polar surface area (TPSA) is 94.8 Å². The average Bonchev–Trinajstić information content (AvgIpc) is 3.02. The van der Waals surface area contributed by atoms with Gasteiger partial charge in [0, 0.05) is 0 Å². The summed E-state index contributed by atoms with van der Waals surface area (Å²) in [6, 6.07) is 16.7. The second-order valence-corrected chi connectivity index (χ2v) is 10.2. The zero-order valence-electron chi connectivity index (χ0n) is 17.7. The first-order valence-corrected chi connectivity index (χ1v) is 12.3. The van der Waals surface area contributed by atoms with E-state index in [4.69, 9.17) is 0 Å². The quantitative estimate of drug-likeness (QED) is 0.404. The summed E-state index contributed by atoms with van der Waals surface area (Å²) in [5, 5.41) is 29.2. The first-order chi connectivity index (χ1) is 14.9. The van der Waals surface area contributed by atoms with Gasteiger partial charge in [-0.15, -0.1) is 0 Å². The molecule has 0 aromatic heterocycles. The van der Waals surface area contributed by atoms with Crippen molar-refractivity contribution in [1.29, 1.82) is 0 Å². The van der Waals surface area contributed by atoms with E-state index in [0.29, 0.717) is 24.8 Å². The SMILES string of the molecule is CCCC1=C([C@H](O)CC/C(=C/c2ccc(O)cc2)c2ccccc2)[C@H](CO)S(=O)(=O)C1. The molecule has 0 saturated carbocycles. The Bertz CT molecular complexity index is 1040. The standard InChI is InChI=1S/C25H30O5S/c1-2-6-21-17-31(29,30)24(16-26)25(21)23(28)14-11-20(19-7-4-3-5-8-19)15-18-9-12-22(27)13-10-18/h3-5,7-10,12-13,15,23-24,26-28H,2,6,11,14,16-17H2,1H3/b20-15-/t23-,24+/m1/s1. The van der Waals surface area contributed by atoms with Crippen molar-refractivity contribution < 1.29 is 23.7 Å². The molecule has 2 aromatic rings. The number of aliphatic hydroxyl groups excluding tert-OH is 2. The number of benzene rings is 2. The largest absolute Gasteiger partial charge is 0.508 e. The summed E-state index contributed by atoms with van der Waals surface area (Å²) < 4.78 is 25.0. The molecule has 0 fully saturated rings. The average molecular weight is 443 g/mol. The molecule has 0 amide bonds. The molecule has 2 aromatic carbocycles. The summed E-state index contributed by atoms with van der Waals surface area (Å²) in [5.41, 5.74) is 4.18. The Hall–Kier alpha value is -2.41. The van der Waals surface area contributed by atoms with Gasteiger partial charge in [-0.1, -0.05) is 67.5 Å². The van der Waals surface area contributed by atoms with Crippen LogP contribution in [-0.4, -0.2) is 47.5 Å². The summed E-state index contributed by atoms with van der Waals surface area (Å²) in [5.74, 6) is 0.120. The maximum atomic E-state index is 12.5. The van der Waals surface area contributed by atoms with Crippen molar-refractivity contribution in [3.05, 3.63) is 76.9 Å². The Morgan fingerprint density at radius 3 is 2.42 bits per heavy atom. The number of rotatable bonds is 9. The maximum absolute atomic E-state index is 12.5. The molecule has 0 bridgehead atoms. The molecule has 1 aliphatic rings. The van der Waals surface area contributed by atoms with E-state index in [9.17, 15) is 23.7 Å². The highest BCUT2D eigenvalue weighted by molar-refractivity contribution is 7.92. The van der Waals surface area contributed by atoms with Crippen LogP contribution in [0.2, 0.25) is 0 Å². The van der Waals surface area contributed by atoms with Crippen LogP contribution in [0.1, 0.15) is 43.7 Å². The van der Waals surface area contributed by atoms with Gasteiger partial charge in [-0.2, -0.15) is 0 Å². The summed E-state index contributed by atoms with van der Waals surface area (Å²) >= 11 is 0. The van der Waals surface area contributed by atoms with E-state index in [0.717, 1.165) is 28.7 Å². The van der Waals surface area contributed by atoms with Crippen LogP contribution in [0.3, 0.4) is 0 Å². The lowest BCUT2D eigenvalue weighted by Crippen LogP contribution is -2.29. The number of phenolic OH excluding ortho intramolecular Hbond substituents is 1. The van der Waals surface area contributed by atoms with Gasteiger partial charge in [0.05, 0.1) is 18.5 Å². The van der Waals surface area contributed by atoms with E-state index in [1.54, 1.807) is 12.1 Å². The lowest BCUT2D eigenvalue weighted by atomic mass is 9.91. The van der Waals surface area contributed by atoms with Crippen LogP contribution in [-0.2, 0) is 9.84 Å². The molecule has 2 atom stereocenters. The van der Waals surface area contributed by atoms with E-state index >= 15 is 0 Å². The lowest BCUT2D eigenvalue weighted by molar-refractivity contribution is 0.190. The zero-order valence-corrected chi connectivity index (χ0v) is 18.6. The van der Waals surface area contributed by atoms with Gasteiger partial charge in [0.1, 0.15) is 11.0 Å². The van der Waals surface area contributed by atoms with E-state index < -0.39 is 27.8 Å². The second kappa shape index (κ2) is 10.3. The van der Waals surface area contributed by atoms with Gasteiger partial charge in [0.2, 0.25) is 0 Å². The van der Waals surface area contributed by atoms with Crippen molar-refractivity contribution >= 4 is 21.5 Å². The number of aliphatic hydroxyl groups is 2. The Morgan fingerprint density at radius 1 is 1.13 bits per heavy atom. The Labute approximate surface area is 184 Å². The summed E-state index contributed by atoms with van der Waals surface area (Å²) in [6.45, 7) is 1.47. The number of aromatic hydroxyl groups is 1. The van der Waals surface area contributed by atoms with Crippen LogP contribution in [0.15, 0.2) is 65.7 Å². The molecule has 0 saturated heterocycles. The molecule has 6 heteroatoms. The molecule has 1 heterocycles. The monoisotopic (exact) mass is 442 g/mol. The summed E-state index contributed by atoms with van der Waals surface area (Å²) in [7, 11) is -3.47. The fourth-order valence-electron chi connectivity index (χ4n) is 4.20. The molecule has 166 valence electrons. The van der Waals surface area contributed by atoms with Crippen molar-refractivity contribution in [1.82, 2.24) is 0 Å². The van der Waals surface area contributed by atoms with Crippen LogP contribution in [0.25, 0.3) is 11.6 Å². The predicted octanol–water partition coefficient (Wildman–Crippen LogP) is 3.96. The highest BCUT2D eigenvalue weighted by Crippen LogP contribution is 2.35. The summed E-state index contributed by atoms with van der Waals surface area (Å²) in [4.78, 5) is 0. The van der Waals surface area contributed by atoms with Gasteiger partial charge in [-0.3, -0.25) is 0 Å². The van der Waals surface area contributed by atoms with Gasteiger partial charge in [-0.05, 0) is 53.7 Å². The molecule has 0 spiro atoms. The van der Waals surface area contributed by atoms with E-state index in [1.807, 2.05) is 55.5 Å². The normalized spacial score (nSPS) is 19.6. The first-order valence-electron chi connectivity index (χ1n) is 10.6. The predicted molar refractivity (Wildman–Crippen MR) is 124 cm³/mol. The van der Waals surface area contributed by atoms with Gasteiger partial charge in [0.25, 0.3) is 0 Å². The molecule has 0 unspecified atom stereocenters. The van der Waals surface area contributed by atoms with Crippen LogP contribution in [0, 0.1) is 0 Å². The minimum atomic E-state index is -3.47. The van der Waals surface area contributed by atoms with Crippen LogP contribution >= 0.6 is 0 Å². The van der Waals surface area contributed by atoms with Crippen molar-refractivity contribution in [2.45, 2.75) is 44.0 Å². The molecular weight excluding hydrogens is 412 g/mol. The fourth-order valence-corrected chi connectivity index (χ4v) is 6.14. The van der Waals surface area contributed by atoms with Crippen molar-refractivity contribution in [2.75, 3.05) is 12.4 Å². The molecule has 0 radical (unpaired) electrons. The maximum Gasteiger partial charge on any atom is 0.163 e. The second-order valence-electron chi connectivity index (χ2n) is 7.97. The minimum absolute atomic E-state index is 0.0760. The zero-order chi connectivity index (χ0) is 22.4. The third-order valence-electron chi connectivity index (χ3n) is 5.71. The molecule has 1 aliphatic heterocycles. The number of sulfone groups is 1. The van der Waals surface area contributed by atoms with E-state index in [-0.39, 0.29) is 11.5 Å². The fraction of sp³-hybridized carbons (Fsp3) is 0.360. The molecule has 5 nitrogen and oxygen atoms in total. The highest BCUT2D eigenvalue weighted by atomic mass is 32.2. The Kier molecular flexibility index (Phi) is 7.70. The van der Waals surface area contributed by atoms with Gasteiger partial charge in [-0.25, -0.2) is 8.42 Å². The number of hydrogen-bond acceptors (Lipinski definition) is 5. The third-order valence-corrected chi connectivity index (χ3v) is 7.73. The van der Waals surface area contributed by atoms with Gasteiger partial charge in [0.15, 0.2) is 9.84 Å². The molecular formula is C25H30O5S. The smallest absolute Gasteiger partial charge is 0.163 e. The lowest BCUT2D eigenvalue weighted by Gasteiger charge is -2.20. The molecule has 31 heavy (non-hydrogen) atoms. The Balaban J connectivity index is 1.87. The van der Waals surface area contributed by atoms with Gasteiger partial charge < -0.3 is 15.3 Å². The third kappa shape index (κ3) is 5.64. The van der Waals surface area contributed by atoms with Crippen LogP contribution in [0.5, 0.6) is 5.75 Å². The Morgan fingerprint density at radius 2 is 1.81 bits per heavy atom. The number of phenols is 1. The minimum Gasteiger partial charge on any atom is -0.508 e. The molecule has 3 N–H and O–H groups in total. The number of hydrogen-bond donors (Lipinski definition) is 3. The number of allylic oxidation sites excluding steroid dienone is 1. The van der Waals surface area contributed by atoms with Crippen LogP contribution < -0.4 is 0 Å². The van der Waals surface area contributed by atoms with E-state index in [1.165, 1.54) is 0 Å². The summed E-state index contributed by atoms with van der Waals surface area (Å²) in [6.07, 6.45) is 3.37. The van der Waals surface area contributed by atoms with Crippen molar-refractivity contribution in [3.63, 3.8) is 0 Å². The molecule has 0 aliphatic carbocycles. The molecule has 3 rings (SSSR count). The van der Waals surface area contributed by atoms with Gasteiger partial charge >= 0.3 is 0 Å². The first kappa shape index (κ1) is 23.3. The van der Waals surface area contributed by atoms with E-state index in [2.05, 4.69) is 0 Å².